The Labute approximate surface area is 177 Å². The van der Waals surface area contributed by atoms with Crippen LogP contribution in [-0.2, 0) is 25.7 Å². The maximum Gasteiger partial charge on any atom is 0.433 e. The number of rotatable bonds is 3. The Morgan fingerprint density at radius 3 is 2.47 bits per heavy atom. The van der Waals surface area contributed by atoms with Gasteiger partial charge in [0.25, 0.3) is 5.91 Å². The smallest absolute Gasteiger partial charge is 0.366 e. The number of primary amides is 1. The highest BCUT2D eigenvalue weighted by Crippen LogP contribution is 2.30. The second kappa shape index (κ2) is 9.01. The highest BCUT2D eigenvalue weighted by atomic mass is 19.4. The van der Waals surface area contributed by atoms with Gasteiger partial charge in [-0.15, -0.1) is 0 Å². The van der Waals surface area contributed by atoms with Crippen LogP contribution >= 0.6 is 0 Å². The van der Waals surface area contributed by atoms with Gasteiger partial charge < -0.3 is 5.73 Å². The number of carbonyl (C=O) groups excluding carboxylic acids is 1. The normalized spacial score (nSPS) is 13.8. The Morgan fingerprint density at radius 1 is 1.12 bits per heavy atom. The summed E-state index contributed by atoms with van der Waals surface area (Å²) in [6.07, 6.45) is -2.53. The van der Waals surface area contributed by atoms with Crippen LogP contribution in [0.4, 0.5) is 26.3 Å². The van der Waals surface area contributed by atoms with Gasteiger partial charge in [0, 0.05) is 30.2 Å². The van der Waals surface area contributed by atoms with Crippen molar-refractivity contribution in [3.05, 3.63) is 53.7 Å². The molecule has 13 heteroatoms. The number of amides is 1. The van der Waals surface area contributed by atoms with Gasteiger partial charge in [0.15, 0.2) is 0 Å². The Morgan fingerprint density at radius 2 is 1.88 bits per heavy atom. The lowest BCUT2D eigenvalue weighted by atomic mass is 10.1. The lowest BCUT2D eigenvalue weighted by molar-refractivity contribution is -0.143. The molecule has 2 N–H and O–H groups in total. The molecule has 0 saturated heterocycles. The van der Waals surface area contributed by atoms with E-state index < -0.39 is 30.5 Å². The maximum atomic E-state index is 12.6. The third-order valence-corrected chi connectivity index (χ3v) is 4.52. The molecule has 1 amide bonds. The second-order valence-electron chi connectivity index (χ2n) is 7.03. The van der Waals surface area contributed by atoms with Crippen LogP contribution in [0.3, 0.4) is 0 Å². The van der Waals surface area contributed by atoms with Crippen molar-refractivity contribution in [2.24, 2.45) is 5.73 Å². The number of halogens is 6. The minimum atomic E-state index is -4.42. The van der Waals surface area contributed by atoms with E-state index in [4.69, 9.17) is 5.73 Å². The van der Waals surface area contributed by atoms with Crippen LogP contribution in [0.2, 0.25) is 0 Å². The zero-order valence-corrected chi connectivity index (χ0v) is 16.5. The van der Waals surface area contributed by atoms with E-state index in [1.54, 1.807) is 6.07 Å². The molecule has 172 valence electrons. The molecule has 0 aliphatic carbocycles. The zero-order chi connectivity index (χ0) is 23.5. The minimum absolute atomic E-state index is 0.0377. The number of carbonyl (C=O) groups is 1. The number of aryl methyl sites for hydroxylation is 2. The number of hydrogen-bond acceptors (Lipinski definition) is 4. The van der Waals surface area contributed by atoms with Crippen LogP contribution in [0, 0.1) is 0 Å². The van der Waals surface area contributed by atoms with Gasteiger partial charge in [0.05, 0.1) is 17.5 Å². The molecule has 0 unspecified atom stereocenters. The molecular formula is C19H18F6N6O. The van der Waals surface area contributed by atoms with E-state index in [1.165, 1.54) is 6.20 Å². The predicted molar refractivity (Wildman–Crippen MR) is 100 cm³/mol. The van der Waals surface area contributed by atoms with Gasteiger partial charge in [0.2, 0.25) is 0 Å². The monoisotopic (exact) mass is 460 g/mol. The zero-order valence-electron chi connectivity index (χ0n) is 16.5. The van der Waals surface area contributed by atoms with E-state index in [0.717, 1.165) is 50.0 Å². The van der Waals surface area contributed by atoms with E-state index in [1.807, 2.05) is 10.7 Å². The fraction of sp³-hybridized carbons (Fsp3) is 0.368. The number of alkyl halides is 6. The fourth-order valence-corrected chi connectivity index (χ4v) is 3.06. The van der Waals surface area contributed by atoms with Crippen molar-refractivity contribution < 1.29 is 31.1 Å². The van der Waals surface area contributed by atoms with Gasteiger partial charge in [-0.25, -0.2) is 0 Å². The van der Waals surface area contributed by atoms with Crippen molar-refractivity contribution in [2.45, 2.75) is 44.7 Å². The summed E-state index contributed by atoms with van der Waals surface area (Å²) in [5.74, 6) is -0.798. The predicted octanol–water partition coefficient (Wildman–Crippen LogP) is 3.84. The Balaban J connectivity index is 0.000000195. The van der Waals surface area contributed by atoms with Crippen molar-refractivity contribution in [1.29, 1.82) is 0 Å². The minimum Gasteiger partial charge on any atom is -0.366 e. The summed E-state index contributed by atoms with van der Waals surface area (Å²) in [4.78, 5) is 13.8. The van der Waals surface area contributed by atoms with Crippen molar-refractivity contribution in [3.63, 3.8) is 0 Å². The quantitative estimate of drug-likeness (QED) is 0.602. The number of hydrogen-bond donors (Lipinski definition) is 1. The van der Waals surface area contributed by atoms with Crippen molar-refractivity contribution in [2.75, 3.05) is 0 Å². The van der Waals surface area contributed by atoms with E-state index in [2.05, 4.69) is 15.2 Å². The summed E-state index contributed by atoms with van der Waals surface area (Å²) >= 11 is 0. The van der Waals surface area contributed by atoms with Gasteiger partial charge in [0.1, 0.15) is 12.2 Å². The number of fused-ring (bicyclic) bond motifs is 1. The molecular weight excluding hydrogens is 442 g/mol. The molecule has 4 heterocycles. The van der Waals surface area contributed by atoms with Crippen molar-refractivity contribution in [1.82, 2.24) is 24.5 Å². The molecule has 0 aromatic carbocycles. The van der Waals surface area contributed by atoms with E-state index >= 15 is 0 Å². The van der Waals surface area contributed by atoms with Gasteiger partial charge in [-0.2, -0.15) is 36.5 Å². The number of pyridine rings is 1. The van der Waals surface area contributed by atoms with Crippen LogP contribution in [0.15, 0.2) is 36.8 Å². The highest BCUT2D eigenvalue weighted by Gasteiger charge is 2.32. The van der Waals surface area contributed by atoms with Crippen molar-refractivity contribution >= 4 is 5.91 Å². The molecule has 0 atom stereocenters. The Hall–Kier alpha value is -3.38. The van der Waals surface area contributed by atoms with E-state index in [9.17, 15) is 31.1 Å². The first-order valence-corrected chi connectivity index (χ1v) is 9.42. The third-order valence-electron chi connectivity index (χ3n) is 4.52. The number of nitrogens with two attached hydrogens (primary N) is 1. The van der Waals surface area contributed by atoms with Crippen LogP contribution < -0.4 is 5.73 Å². The first kappa shape index (κ1) is 23.3. The molecule has 0 fully saturated rings. The Bertz CT molecular complexity index is 1060. The van der Waals surface area contributed by atoms with E-state index in [0.29, 0.717) is 15.9 Å². The second-order valence-corrected chi connectivity index (χ2v) is 7.03. The Kier molecular flexibility index (Phi) is 6.55. The molecule has 0 radical (unpaired) electrons. The molecule has 7 nitrogen and oxygen atoms in total. The molecule has 32 heavy (non-hydrogen) atoms. The van der Waals surface area contributed by atoms with Gasteiger partial charge in [-0.05, 0) is 37.5 Å². The van der Waals surface area contributed by atoms with E-state index in [-0.39, 0.29) is 5.56 Å². The molecule has 0 bridgehead atoms. The summed E-state index contributed by atoms with van der Waals surface area (Å²) in [5.41, 5.74) is 6.04. The van der Waals surface area contributed by atoms with Crippen LogP contribution in [-0.4, -0.2) is 36.6 Å². The SMILES string of the molecule is FC(F)(F)c1cc(-c2cc3n(n2)CCCC3)ccn1.NC(=O)c1cnn(CC(F)(F)F)c1. The standard InChI is InChI=1S/C13H12F3N3.C6H6F3N3O/c14-13(15,16)12-7-9(4-5-17-12)11-8-10-3-1-2-6-19(10)18-11;7-6(8,9)3-12-2-4(1-11-12)5(10)13/h4-5,7-8H,1-3,6H2;1-2H,3H2,(H2,10,13). The summed E-state index contributed by atoms with van der Waals surface area (Å²) in [5, 5.41) is 7.68. The van der Waals surface area contributed by atoms with Crippen LogP contribution in [0.1, 0.15) is 34.6 Å². The molecule has 3 aromatic heterocycles. The summed E-state index contributed by atoms with van der Waals surface area (Å²) < 4.78 is 75.7. The molecule has 3 aromatic rings. The topological polar surface area (TPSA) is 91.6 Å². The fourth-order valence-electron chi connectivity index (χ4n) is 3.06. The highest BCUT2D eigenvalue weighted by molar-refractivity contribution is 5.92. The average Bonchev–Trinajstić information content (AvgIpc) is 3.33. The van der Waals surface area contributed by atoms with Crippen LogP contribution in [0.25, 0.3) is 11.3 Å². The summed E-state index contributed by atoms with van der Waals surface area (Å²) in [6.45, 7) is -0.382. The lowest BCUT2D eigenvalue weighted by Crippen LogP contribution is -2.18. The molecule has 4 rings (SSSR count). The molecule has 0 spiro atoms. The molecule has 1 aliphatic heterocycles. The first-order chi connectivity index (χ1) is 14.9. The lowest BCUT2D eigenvalue weighted by Gasteiger charge is -2.11. The number of nitrogens with zero attached hydrogens (tertiary/aromatic N) is 5. The largest absolute Gasteiger partial charge is 0.433 e. The van der Waals surface area contributed by atoms with Crippen molar-refractivity contribution in [3.8, 4) is 11.3 Å². The van der Waals surface area contributed by atoms with Gasteiger partial charge in [-0.3, -0.25) is 19.1 Å². The summed E-state index contributed by atoms with van der Waals surface area (Å²) in [7, 11) is 0. The van der Waals surface area contributed by atoms with Crippen LogP contribution in [0.5, 0.6) is 0 Å². The maximum absolute atomic E-state index is 12.6. The summed E-state index contributed by atoms with van der Waals surface area (Å²) in [6, 6.07) is 4.48. The molecule has 1 aliphatic rings. The van der Waals surface area contributed by atoms with Gasteiger partial charge in [-0.1, -0.05) is 0 Å². The first-order valence-electron chi connectivity index (χ1n) is 9.42. The average molecular weight is 460 g/mol. The molecule has 0 saturated carbocycles. The number of aromatic nitrogens is 5. The van der Waals surface area contributed by atoms with Gasteiger partial charge >= 0.3 is 12.4 Å². The third kappa shape index (κ3) is 6.08.